The van der Waals surface area contributed by atoms with Gasteiger partial charge in [-0.05, 0) is 87.0 Å². The third-order valence-corrected chi connectivity index (χ3v) is 8.93. The molecule has 3 aliphatic rings. The lowest BCUT2D eigenvalue weighted by Crippen LogP contribution is -2.51. The number of amides is 2. The maximum Gasteiger partial charge on any atom is 0.326 e. The van der Waals surface area contributed by atoms with Gasteiger partial charge in [-0.25, -0.2) is 9.10 Å². The smallest absolute Gasteiger partial charge is 0.326 e. The number of hydroxylamine groups is 1. The second kappa shape index (κ2) is 9.44. The molecule has 0 saturated carbocycles. The predicted molar refractivity (Wildman–Crippen MR) is 131 cm³/mol. The van der Waals surface area contributed by atoms with Crippen molar-refractivity contribution in [2.45, 2.75) is 77.7 Å². The molecule has 1 aromatic heterocycles. The fourth-order valence-electron chi connectivity index (χ4n) is 5.58. The first-order chi connectivity index (χ1) is 16.8. The zero-order valence-corrected chi connectivity index (χ0v) is 20.9. The second-order valence-corrected chi connectivity index (χ2v) is 11.1. The Morgan fingerprint density at radius 2 is 1.77 bits per heavy atom. The highest BCUT2D eigenvalue weighted by molar-refractivity contribution is 7.91. The summed E-state index contributed by atoms with van der Waals surface area (Å²) in [6.07, 6.45) is 6.68. The number of carbonyl (C=O) groups excluding carboxylic acids is 1. The normalized spacial score (nSPS) is 17.8. The molecule has 5 rings (SSSR count). The van der Waals surface area contributed by atoms with Crippen molar-refractivity contribution < 1.29 is 22.5 Å². The molecule has 2 heterocycles. The van der Waals surface area contributed by atoms with Crippen LogP contribution in [0.1, 0.15) is 66.1 Å². The van der Waals surface area contributed by atoms with Crippen molar-refractivity contribution in [2.75, 3.05) is 22.8 Å². The van der Waals surface area contributed by atoms with Crippen LogP contribution in [0, 0.1) is 12.1 Å². The number of urea groups is 1. The molecule has 0 radical (unpaired) electrons. The number of nitrogens with zero attached hydrogens (tertiary/aromatic N) is 3. The number of anilines is 2. The van der Waals surface area contributed by atoms with E-state index in [1.54, 1.807) is 6.92 Å². The lowest BCUT2D eigenvalue weighted by molar-refractivity contribution is 0.0866. The highest BCUT2D eigenvalue weighted by atomic mass is 32.2. The number of hydrogen-bond donors (Lipinski definition) is 1. The van der Waals surface area contributed by atoms with Gasteiger partial charge >= 0.3 is 16.2 Å². The molecule has 1 N–H and O–H groups in total. The number of aryl methyl sites for hydroxylation is 3. The summed E-state index contributed by atoms with van der Waals surface area (Å²) in [6, 6.07) is 0.403. The zero-order valence-electron chi connectivity index (χ0n) is 20.1. The molecular formula is C24H31N4O6S-. The van der Waals surface area contributed by atoms with E-state index in [0.29, 0.717) is 49.4 Å². The minimum Gasteiger partial charge on any atom is -0.740 e. The van der Waals surface area contributed by atoms with Crippen molar-refractivity contribution in [1.82, 2.24) is 9.63 Å². The van der Waals surface area contributed by atoms with Crippen LogP contribution in [0.4, 0.5) is 16.4 Å². The van der Waals surface area contributed by atoms with Crippen molar-refractivity contribution in [1.29, 1.82) is 0 Å². The lowest BCUT2D eigenvalue weighted by Gasteiger charge is -2.38. The van der Waals surface area contributed by atoms with Gasteiger partial charge in [-0.1, -0.05) is 18.1 Å². The number of aromatic nitrogens is 1. The molecule has 0 atom stereocenters. The van der Waals surface area contributed by atoms with Gasteiger partial charge in [-0.2, -0.15) is 8.42 Å². The van der Waals surface area contributed by atoms with Crippen LogP contribution < -0.4 is 9.62 Å². The Hall–Kier alpha value is -2.63. The van der Waals surface area contributed by atoms with Gasteiger partial charge in [0.15, 0.2) is 0 Å². The first-order valence-electron chi connectivity index (χ1n) is 12.3. The average Bonchev–Trinajstić information content (AvgIpc) is 3.59. The quantitative estimate of drug-likeness (QED) is 0.594. The van der Waals surface area contributed by atoms with Gasteiger partial charge in [0.1, 0.15) is 0 Å². The maximum absolute atomic E-state index is 13.6. The molecule has 11 heteroatoms. The minimum absolute atomic E-state index is 0.0242. The molecule has 0 bridgehead atoms. The summed E-state index contributed by atoms with van der Waals surface area (Å²) < 4.78 is 38.6. The van der Waals surface area contributed by atoms with Crippen molar-refractivity contribution in [3.63, 3.8) is 0 Å². The Morgan fingerprint density at radius 1 is 1.14 bits per heavy atom. The van der Waals surface area contributed by atoms with E-state index in [1.165, 1.54) is 11.1 Å². The Kier molecular flexibility index (Phi) is 6.49. The molecule has 0 spiro atoms. The molecule has 2 amide bonds. The molecule has 1 aliphatic heterocycles. The summed E-state index contributed by atoms with van der Waals surface area (Å²) in [5.74, 6) is -0.0242. The summed E-state index contributed by atoms with van der Waals surface area (Å²) in [4.78, 5) is 13.1. The van der Waals surface area contributed by atoms with Crippen molar-refractivity contribution in [3.8, 4) is 0 Å². The van der Waals surface area contributed by atoms with Crippen LogP contribution in [0.5, 0.6) is 0 Å². The standard InChI is InChI=1S/C24H31N4O6S/c1-3-21-15(2)23(34-26-21)27(18-10-12-33-13-11-18)35(31,32)28(30)24(29)25-22-19-8-4-6-16(19)14-17-7-5-9-20(17)22/h14,18H,3-13H2,1-2H3,(H,25,29)/q-1. The summed E-state index contributed by atoms with van der Waals surface area (Å²) in [6.45, 7) is 4.28. The number of ether oxygens (including phenoxy) is 1. The molecule has 1 fully saturated rings. The number of benzene rings is 1. The van der Waals surface area contributed by atoms with Crippen LogP contribution in [-0.2, 0) is 47.1 Å². The van der Waals surface area contributed by atoms with Gasteiger partial charge in [0.05, 0.1) is 11.7 Å². The molecule has 190 valence electrons. The largest absolute Gasteiger partial charge is 0.740 e. The number of hydrogen-bond acceptors (Lipinski definition) is 7. The maximum atomic E-state index is 13.6. The topological polar surface area (TPSA) is 128 Å². The minimum atomic E-state index is -4.81. The van der Waals surface area contributed by atoms with Gasteiger partial charge < -0.3 is 19.8 Å². The second-order valence-electron chi connectivity index (χ2n) is 9.45. The Bertz CT molecular complexity index is 1200. The summed E-state index contributed by atoms with van der Waals surface area (Å²) >= 11 is 0. The SMILES string of the molecule is CCc1noc(N(C2CCOCC2)S(=O)(=O)N([O-])C(=O)Nc2c3c(cc4c2CCC4)CCC3)c1C. The van der Waals surface area contributed by atoms with Crippen LogP contribution in [0.15, 0.2) is 10.6 Å². The zero-order chi connectivity index (χ0) is 24.7. The molecule has 10 nitrogen and oxygen atoms in total. The lowest BCUT2D eigenvalue weighted by atomic mass is 9.99. The van der Waals surface area contributed by atoms with Crippen molar-refractivity contribution >= 4 is 27.8 Å². The van der Waals surface area contributed by atoms with Gasteiger partial charge in [0.25, 0.3) is 0 Å². The monoisotopic (exact) mass is 503 g/mol. The van der Waals surface area contributed by atoms with E-state index < -0.39 is 26.8 Å². The highest BCUT2D eigenvalue weighted by Crippen LogP contribution is 2.39. The number of nitrogens with one attached hydrogen (secondary N) is 1. The van der Waals surface area contributed by atoms with Crippen LogP contribution in [0.3, 0.4) is 0 Å². The van der Waals surface area contributed by atoms with E-state index in [-0.39, 0.29) is 5.88 Å². The summed E-state index contributed by atoms with van der Waals surface area (Å²) in [5, 5.41) is 19.9. The summed E-state index contributed by atoms with van der Waals surface area (Å²) in [5.41, 5.74) is 6.15. The highest BCUT2D eigenvalue weighted by Gasteiger charge is 2.39. The van der Waals surface area contributed by atoms with E-state index in [9.17, 15) is 18.4 Å². The van der Waals surface area contributed by atoms with E-state index in [0.717, 1.165) is 54.0 Å². The van der Waals surface area contributed by atoms with Crippen LogP contribution in [0.2, 0.25) is 0 Å². The molecule has 35 heavy (non-hydrogen) atoms. The van der Waals surface area contributed by atoms with Crippen molar-refractivity contribution in [2.24, 2.45) is 0 Å². The number of rotatable bonds is 6. The Morgan fingerprint density at radius 3 is 2.34 bits per heavy atom. The Labute approximate surface area is 205 Å². The van der Waals surface area contributed by atoms with Gasteiger partial charge in [0.2, 0.25) is 5.88 Å². The first kappa shape index (κ1) is 24.1. The third-order valence-electron chi connectivity index (χ3n) is 7.38. The van der Waals surface area contributed by atoms with Crippen LogP contribution in [0.25, 0.3) is 0 Å². The van der Waals surface area contributed by atoms with Gasteiger partial charge in [-0.3, -0.25) is 4.47 Å². The number of carbonyl (C=O) groups is 1. The van der Waals surface area contributed by atoms with Crippen molar-refractivity contribution in [3.05, 3.63) is 44.8 Å². The Balaban J connectivity index is 1.48. The number of fused-ring (bicyclic) bond motifs is 2. The van der Waals surface area contributed by atoms with E-state index >= 15 is 0 Å². The molecule has 2 aromatic rings. The molecule has 1 saturated heterocycles. The first-order valence-corrected chi connectivity index (χ1v) is 13.7. The van der Waals surface area contributed by atoms with Crippen LogP contribution >= 0.6 is 0 Å². The third kappa shape index (κ3) is 4.19. The molecular weight excluding hydrogens is 472 g/mol. The predicted octanol–water partition coefficient (Wildman–Crippen LogP) is 3.78. The summed E-state index contributed by atoms with van der Waals surface area (Å²) in [7, 11) is -4.81. The van der Waals surface area contributed by atoms with E-state index in [2.05, 4.69) is 16.5 Å². The van der Waals surface area contributed by atoms with E-state index in [4.69, 9.17) is 9.26 Å². The fourth-order valence-corrected chi connectivity index (χ4v) is 6.96. The fraction of sp³-hybridized carbons (Fsp3) is 0.583. The van der Waals surface area contributed by atoms with E-state index in [1.807, 2.05) is 6.92 Å². The van der Waals surface area contributed by atoms with Crippen LogP contribution in [-0.4, -0.2) is 43.3 Å². The van der Waals surface area contributed by atoms with Gasteiger partial charge in [-0.15, -0.1) is 0 Å². The molecule has 1 aromatic carbocycles. The van der Waals surface area contributed by atoms with Gasteiger partial charge in [0, 0.05) is 24.5 Å². The average molecular weight is 504 g/mol. The molecule has 2 aliphatic carbocycles. The molecule has 0 unspecified atom stereocenters.